The Kier molecular flexibility index (Phi) is 4.66. The van der Waals surface area contributed by atoms with E-state index in [2.05, 4.69) is 12.6 Å². The third-order valence-corrected chi connectivity index (χ3v) is 4.08. The molecule has 0 saturated carbocycles. The van der Waals surface area contributed by atoms with E-state index in [0.717, 1.165) is 5.57 Å². The molecule has 1 N–H and O–H groups in total. The Morgan fingerprint density at radius 1 is 1.53 bits per heavy atom. The summed E-state index contributed by atoms with van der Waals surface area (Å²) in [6.07, 6.45) is 2.68. The predicted octanol–water partition coefficient (Wildman–Crippen LogP) is 1.83. The highest BCUT2D eigenvalue weighted by Gasteiger charge is 2.33. The summed E-state index contributed by atoms with van der Waals surface area (Å²) in [5.41, 5.74) is 0.988. The Balaban J connectivity index is 2.09. The molecular weight excluding hydrogens is 282 g/mol. The van der Waals surface area contributed by atoms with Gasteiger partial charge in [-0.15, -0.1) is 11.3 Å². The number of thiol groups is 1. The number of thiophene rings is 1. The van der Waals surface area contributed by atoms with Gasteiger partial charge in [0.25, 0.3) is 0 Å². The predicted molar refractivity (Wildman–Crippen MR) is 77.7 cm³/mol. The number of hydrogen-bond donors (Lipinski definition) is 2. The number of rotatable bonds is 5. The lowest BCUT2D eigenvalue weighted by Gasteiger charge is -2.21. The zero-order valence-electron chi connectivity index (χ0n) is 10.3. The van der Waals surface area contributed by atoms with E-state index in [-0.39, 0.29) is 12.3 Å². The smallest absolute Gasteiger partial charge is 0.330 e. The number of hydrogen-bond acceptors (Lipinski definition) is 4. The minimum Gasteiger partial charge on any atom is -0.479 e. The molecule has 1 aliphatic heterocycles. The topological polar surface area (TPSA) is 57.6 Å². The van der Waals surface area contributed by atoms with Crippen LogP contribution in [-0.4, -0.2) is 40.2 Å². The first-order valence-corrected chi connectivity index (χ1v) is 7.48. The third-order valence-electron chi connectivity index (χ3n) is 2.98. The number of nitrogens with zero attached hydrogens (tertiary/aromatic N) is 1. The summed E-state index contributed by atoms with van der Waals surface area (Å²) in [6.45, 7) is 0.404. The molecule has 1 aromatic heterocycles. The van der Waals surface area contributed by atoms with E-state index in [1.165, 1.54) is 9.78 Å². The van der Waals surface area contributed by atoms with Crippen LogP contribution in [0.15, 0.2) is 29.2 Å². The summed E-state index contributed by atoms with van der Waals surface area (Å²) in [5, 5.41) is 11.2. The van der Waals surface area contributed by atoms with Crippen molar-refractivity contribution in [3.63, 3.8) is 0 Å². The molecule has 19 heavy (non-hydrogen) atoms. The molecule has 1 amide bonds. The number of carboxylic acid groups (broad SMARTS) is 1. The summed E-state index contributed by atoms with van der Waals surface area (Å²) in [5.74, 6) is -0.699. The number of aliphatic carboxylic acids is 1. The summed E-state index contributed by atoms with van der Waals surface area (Å²) < 4.78 is 0. The highest BCUT2D eigenvalue weighted by molar-refractivity contribution is 7.80. The monoisotopic (exact) mass is 297 g/mol. The molecule has 0 radical (unpaired) electrons. The van der Waals surface area contributed by atoms with E-state index in [1.807, 2.05) is 17.5 Å². The highest BCUT2D eigenvalue weighted by atomic mass is 32.1. The Labute approximate surface area is 121 Å². The van der Waals surface area contributed by atoms with Crippen molar-refractivity contribution in [1.29, 1.82) is 0 Å². The minimum absolute atomic E-state index is 0.153. The second-order valence-corrected chi connectivity index (χ2v) is 5.84. The van der Waals surface area contributed by atoms with Crippen molar-refractivity contribution in [3.05, 3.63) is 34.0 Å². The maximum atomic E-state index is 11.9. The lowest BCUT2D eigenvalue weighted by Crippen LogP contribution is -2.41. The molecule has 2 rings (SSSR count). The van der Waals surface area contributed by atoms with Gasteiger partial charge < -0.3 is 10.0 Å². The second kappa shape index (κ2) is 6.25. The van der Waals surface area contributed by atoms with Crippen LogP contribution in [0.4, 0.5) is 0 Å². The minimum atomic E-state index is -0.978. The summed E-state index contributed by atoms with van der Waals surface area (Å²) in [7, 11) is 0. The molecular formula is C13H15NO3S2. The van der Waals surface area contributed by atoms with Crippen molar-refractivity contribution in [3.8, 4) is 0 Å². The molecule has 0 unspecified atom stereocenters. The summed E-state index contributed by atoms with van der Waals surface area (Å²) in [6, 6.07) is 3.15. The molecule has 0 aliphatic carbocycles. The molecule has 0 aromatic carbocycles. The number of amides is 1. The van der Waals surface area contributed by atoms with Crippen LogP contribution in [-0.2, 0) is 16.0 Å². The van der Waals surface area contributed by atoms with Crippen molar-refractivity contribution in [2.75, 3.05) is 12.3 Å². The Bertz CT molecular complexity index is 496. The molecule has 6 heteroatoms. The van der Waals surface area contributed by atoms with Gasteiger partial charge in [-0.1, -0.05) is 6.07 Å². The van der Waals surface area contributed by atoms with Crippen molar-refractivity contribution >= 4 is 35.8 Å². The van der Waals surface area contributed by atoms with Gasteiger partial charge in [0.05, 0.1) is 0 Å². The lowest BCUT2D eigenvalue weighted by atomic mass is 10.1. The SMILES string of the molecule is O=C(O)[C@@H]1C=C(Cc2cccs2)CN1C(=O)CCS. The van der Waals surface area contributed by atoms with E-state index < -0.39 is 12.0 Å². The van der Waals surface area contributed by atoms with Gasteiger partial charge in [-0.05, 0) is 28.8 Å². The van der Waals surface area contributed by atoms with Crippen LogP contribution in [0.2, 0.25) is 0 Å². The van der Waals surface area contributed by atoms with Crippen LogP contribution in [0.25, 0.3) is 0 Å². The first-order valence-electron chi connectivity index (χ1n) is 5.97. The van der Waals surface area contributed by atoms with E-state index in [9.17, 15) is 14.7 Å². The molecule has 0 saturated heterocycles. The summed E-state index contributed by atoms with van der Waals surface area (Å²) >= 11 is 5.65. The maximum Gasteiger partial charge on any atom is 0.330 e. The quantitative estimate of drug-likeness (QED) is 0.644. The van der Waals surface area contributed by atoms with Gasteiger partial charge in [0.2, 0.25) is 5.91 Å². The highest BCUT2D eigenvalue weighted by Crippen LogP contribution is 2.23. The first-order chi connectivity index (χ1) is 9.11. The normalized spacial score (nSPS) is 18.5. The number of carbonyl (C=O) groups excluding carboxylic acids is 1. The first kappa shape index (κ1) is 14.1. The fourth-order valence-corrected chi connectivity index (χ4v) is 3.07. The van der Waals surface area contributed by atoms with Gasteiger partial charge in [-0.3, -0.25) is 4.79 Å². The largest absolute Gasteiger partial charge is 0.479 e. The van der Waals surface area contributed by atoms with Gasteiger partial charge in [0.1, 0.15) is 6.04 Å². The van der Waals surface area contributed by atoms with Crippen LogP contribution in [0.1, 0.15) is 11.3 Å². The van der Waals surface area contributed by atoms with Crippen LogP contribution < -0.4 is 0 Å². The Hall–Kier alpha value is -1.27. The number of carbonyl (C=O) groups is 2. The van der Waals surface area contributed by atoms with Gasteiger partial charge in [0.15, 0.2) is 0 Å². The van der Waals surface area contributed by atoms with Gasteiger partial charge in [0, 0.05) is 24.3 Å². The zero-order valence-corrected chi connectivity index (χ0v) is 12.0. The van der Waals surface area contributed by atoms with Crippen molar-refractivity contribution in [2.45, 2.75) is 18.9 Å². The zero-order chi connectivity index (χ0) is 13.8. The second-order valence-electron chi connectivity index (χ2n) is 4.36. The van der Waals surface area contributed by atoms with Crippen molar-refractivity contribution < 1.29 is 14.7 Å². The summed E-state index contributed by atoms with van der Waals surface area (Å²) in [4.78, 5) is 25.7. The van der Waals surface area contributed by atoms with Crippen LogP contribution >= 0.6 is 24.0 Å². The fraction of sp³-hybridized carbons (Fsp3) is 0.385. The van der Waals surface area contributed by atoms with Crippen molar-refractivity contribution in [1.82, 2.24) is 4.90 Å². The van der Waals surface area contributed by atoms with Gasteiger partial charge in [-0.25, -0.2) is 4.79 Å². The molecule has 0 fully saturated rings. The molecule has 1 aliphatic rings. The average molecular weight is 297 g/mol. The van der Waals surface area contributed by atoms with Crippen molar-refractivity contribution in [2.24, 2.45) is 0 Å². The maximum absolute atomic E-state index is 11.9. The number of carboxylic acids is 1. The van der Waals surface area contributed by atoms with Crippen LogP contribution in [0.5, 0.6) is 0 Å². The van der Waals surface area contributed by atoms with Gasteiger partial charge in [-0.2, -0.15) is 12.6 Å². The van der Waals surface area contributed by atoms with E-state index in [1.54, 1.807) is 17.4 Å². The van der Waals surface area contributed by atoms with Gasteiger partial charge >= 0.3 is 5.97 Å². The molecule has 0 spiro atoms. The van der Waals surface area contributed by atoms with E-state index >= 15 is 0 Å². The van der Waals surface area contributed by atoms with E-state index in [4.69, 9.17) is 0 Å². The van der Waals surface area contributed by atoms with E-state index in [0.29, 0.717) is 18.7 Å². The lowest BCUT2D eigenvalue weighted by molar-refractivity contribution is -0.146. The third kappa shape index (κ3) is 3.39. The van der Waals surface area contributed by atoms with Crippen LogP contribution in [0, 0.1) is 0 Å². The fourth-order valence-electron chi connectivity index (χ4n) is 2.12. The molecule has 2 heterocycles. The molecule has 1 aromatic rings. The Morgan fingerprint density at radius 2 is 2.32 bits per heavy atom. The Morgan fingerprint density at radius 3 is 2.89 bits per heavy atom. The molecule has 102 valence electrons. The molecule has 0 bridgehead atoms. The standard InChI is InChI=1S/C13H15NO3S2/c15-12(3-4-18)14-8-9(7-11(14)13(16)17)6-10-2-1-5-19-10/h1-2,5,7,11,18H,3-4,6,8H2,(H,16,17)/t11-/m0/s1. The molecule has 4 nitrogen and oxygen atoms in total. The average Bonchev–Trinajstić information content (AvgIpc) is 2.99. The molecule has 1 atom stereocenters. The van der Waals surface area contributed by atoms with Crippen LogP contribution in [0.3, 0.4) is 0 Å².